The van der Waals surface area contributed by atoms with Crippen molar-refractivity contribution in [3.8, 4) is 11.5 Å². The minimum absolute atomic E-state index is 0.0428. The van der Waals surface area contributed by atoms with Gasteiger partial charge in [-0.25, -0.2) is 0 Å². The number of rotatable bonds is 6. The molecule has 2 heterocycles. The van der Waals surface area contributed by atoms with Crippen LogP contribution in [0.15, 0.2) is 36.5 Å². The van der Waals surface area contributed by atoms with Crippen LogP contribution in [0, 0.1) is 6.92 Å². The molecule has 0 unspecified atom stereocenters. The summed E-state index contributed by atoms with van der Waals surface area (Å²) in [5, 5.41) is 9.77. The molecule has 25 heavy (non-hydrogen) atoms. The quantitative estimate of drug-likeness (QED) is 0.817. The Kier molecular flexibility index (Phi) is 5.66. The molecule has 0 spiro atoms. The van der Waals surface area contributed by atoms with Crippen LogP contribution in [0.25, 0.3) is 0 Å². The van der Waals surface area contributed by atoms with E-state index in [0.717, 1.165) is 25.2 Å². The third-order valence-corrected chi connectivity index (χ3v) is 4.70. The number of hydrogen-bond donors (Lipinski definition) is 1. The molecular weight excluding hydrogens is 316 g/mol. The zero-order chi connectivity index (χ0) is 17.6. The monoisotopic (exact) mass is 340 g/mol. The maximum atomic E-state index is 11.2. The maximum Gasteiger partial charge on any atom is 0.157 e. The third kappa shape index (κ3) is 4.37. The smallest absolute Gasteiger partial charge is 0.157 e. The number of aromatic nitrogens is 1. The number of aldehydes is 1. The highest BCUT2D eigenvalue weighted by Gasteiger charge is 2.23. The van der Waals surface area contributed by atoms with Crippen molar-refractivity contribution in [1.82, 2.24) is 9.88 Å². The van der Waals surface area contributed by atoms with Gasteiger partial charge < -0.3 is 9.84 Å². The molecule has 0 bridgehead atoms. The molecule has 0 aliphatic carbocycles. The molecule has 3 rings (SSSR count). The molecule has 132 valence electrons. The highest BCUT2D eigenvalue weighted by atomic mass is 16.5. The normalized spacial score (nSPS) is 18.0. The number of phenolic OH excluding ortho intramolecular Hbond substituents is 1. The van der Waals surface area contributed by atoms with Crippen molar-refractivity contribution in [2.75, 3.05) is 13.2 Å². The Morgan fingerprint density at radius 3 is 2.96 bits per heavy atom. The number of ether oxygens (including phenoxy) is 1. The minimum atomic E-state index is -0.0428. The Hall–Kier alpha value is -2.40. The van der Waals surface area contributed by atoms with Crippen molar-refractivity contribution in [1.29, 1.82) is 0 Å². The van der Waals surface area contributed by atoms with E-state index < -0.39 is 0 Å². The van der Waals surface area contributed by atoms with Crippen LogP contribution in [0.3, 0.4) is 0 Å². The lowest BCUT2D eigenvalue weighted by Gasteiger charge is -2.35. The zero-order valence-corrected chi connectivity index (χ0v) is 14.5. The first-order valence-electron chi connectivity index (χ1n) is 8.73. The lowest BCUT2D eigenvalue weighted by molar-refractivity contribution is 0.0920. The van der Waals surface area contributed by atoms with Crippen LogP contribution in [0.1, 0.15) is 40.9 Å². The van der Waals surface area contributed by atoms with Crippen LogP contribution >= 0.6 is 0 Å². The van der Waals surface area contributed by atoms with Gasteiger partial charge in [0, 0.05) is 24.5 Å². The van der Waals surface area contributed by atoms with Gasteiger partial charge in [-0.3, -0.25) is 14.7 Å². The van der Waals surface area contributed by atoms with Crippen molar-refractivity contribution in [2.24, 2.45) is 0 Å². The summed E-state index contributed by atoms with van der Waals surface area (Å²) in [5.41, 5.74) is 2.43. The molecule has 1 atom stereocenters. The van der Waals surface area contributed by atoms with Crippen LogP contribution < -0.4 is 4.74 Å². The number of aryl methyl sites for hydroxylation is 1. The molecule has 0 saturated carbocycles. The highest BCUT2D eigenvalue weighted by Crippen LogP contribution is 2.27. The summed E-state index contributed by atoms with van der Waals surface area (Å²) in [6.45, 7) is 4.37. The number of benzene rings is 1. The van der Waals surface area contributed by atoms with Crippen LogP contribution in [0.5, 0.6) is 11.5 Å². The molecule has 1 N–H and O–H groups in total. The van der Waals surface area contributed by atoms with Gasteiger partial charge in [-0.2, -0.15) is 0 Å². The molecule has 5 heteroatoms. The first-order valence-corrected chi connectivity index (χ1v) is 8.73. The largest absolute Gasteiger partial charge is 0.507 e. The van der Waals surface area contributed by atoms with E-state index in [4.69, 9.17) is 4.74 Å². The summed E-state index contributed by atoms with van der Waals surface area (Å²) in [6.07, 6.45) is 6.00. The van der Waals surface area contributed by atoms with Crippen molar-refractivity contribution in [3.63, 3.8) is 0 Å². The van der Waals surface area contributed by atoms with E-state index in [2.05, 4.69) is 16.0 Å². The number of aromatic hydroxyl groups is 1. The van der Waals surface area contributed by atoms with Crippen molar-refractivity contribution < 1.29 is 14.6 Å². The molecule has 1 aromatic heterocycles. The molecule has 1 aliphatic heterocycles. The van der Waals surface area contributed by atoms with E-state index >= 15 is 0 Å². The fraction of sp³-hybridized carbons (Fsp3) is 0.400. The maximum absolute atomic E-state index is 11.2. The van der Waals surface area contributed by atoms with Gasteiger partial charge >= 0.3 is 0 Å². The SMILES string of the molecule is Cc1ccc(CN2CCCC[C@H]2COc2cccc(O)c2C=O)cn1. The van der Waals surface area contributed by atoms with Gasteiger partial charge in [0.1, 0.15) is 18.1 Å². The van der Waals surface area contributed by atoms with Crippen LogP contribution in [-0.2, 0) is 6.54 Å². The van der Waals surface area contributed by atoms with Crippen molar-refractivity contribution in [2.45, 2.75) is 38.8 Å². The van der Waals surface area contributed by atoms with Gasteiger partial charge in [-0.15, -0.1) is 0 Å². The number of nitrogens with zero attached hydrogens (tertiary/aromatic N) is 2. The number of hydrogen-bond acceptors (Lipinski definition) is 5. The topological polar surface area (TPSA) is 62.7 Å². The molecule has 2 aromatic rings. The summed E-state index contributed by atoms with van der Waals surface area (Å²) in [7, 11) is 0. The summed E-state index contributed by atoms with van der Waals surface area (Å²) in [6, 6.07) is 9.35. The number of pyridine rings is 1. The molecule has 1 fully saturated rings. The Labute approximate surface area is 148 Å². The summed E-state index contributed by atoms with van der Waals surface area (Å²) < 4.78 is 5.89. The zero-order valence-electron chi connectivity index (χ0n) is 14.5. The van der Waals surface area contributed by atoms with Crippen LogP contribution in [0.2, 0.25) is 0 Å². The molecule has 5 nitrogen and oxygen atoms in total. The highest BCUT2D eigenvalue weighted by molar-refractivity contribution is 5.83. The number of carbonyl (C=O) groups excluding carboxylic acids is 1. The van der Waals surface area contributed by atoms with E-state index in [-0.39, 0.29) is 17.4 Å². The fourth-order valence-corrected chi connectivity index (χ4v) is 3.25. The van der Waals surface area contributed by atoms with Gasteiger partial charge in [0.2, 0.25) is 0 Å². The number of piperidine rings is 1. The van der Waals surface area contributed by atoms with E-state index in [1.54, 1.807) is 12.1 Å². The lowest BCUT2D eigenvalue weighted by atomic mass is 10.0. The third-order valence-electron chi connectivity index (χ3n) is 4.70. The van der Waals surface area contributed by atoms with E-state index in [0.29, 0.717) is 18.6 Å². The molecule has 1 aromatic carbocycles. The van der Waals surface area contributed by atoms with E-state index in [1.807, 2.05) is 19.2 Å². The standard InChI is InChI=1S/C20H24N2O3/c1-15-8-9-16(11-21-15)12-22-10-3-2-5-17(22)14-25-20-7-4-6-19(24)18(20)13-23/h4,6-9,11,13,17,24H,2-3,5,10,12,14H2,1H3/t17-/m0/s1. The summed E-state index contributed by atoms with van der Waals surface area (Å²) >= 11 is 0. The minimum Gasteiger partial charge on any atom is -0.507 e. The predicted octanol–water partition coefficient (Wildman–Crippen LogP) is 3.34. The summed E-state index contributed by atoms with van der Waals surface area (Å²) in [5.74, 6) is 0.399. The van der Waals surface area contributed by atoms with Gasteiger partial charge in [-0.05, 0) is 50.1 Å². The van der Waals surface area contributed by atoms with Gasteiger partial charge in [0.25, 0.3) is 0 Å². The second-order valence-electron chi connectivity index (χ2n) is 6.55. The Balaban J connectivity index is 1.66. The average molecular weight is 340 g/mol. The molecule has 1 saturated heterocycles. The van der Waals surface area contributed by atoms with Crippen molar-refractivity contribution >= 4 is 6.29 Å². The second-order valence-corrected chi connectivity index (χ2v) is 6.55. The number of likely N-dealkylation sites (tertiary alicyclic amines) is 1. The van der Waals surface area contributed by atoms with Crippen molar-refractivity contribution in [3.05, 3.63) is 53.3 Å². The first-order chi connectivity index (χ1) is 12.2. The predicted molar refractivity (Wildman–Crippen MR) is 96.0 cm³/mol. The van der Waals surface area contributed by atoms with Crippen LogP contribution in [-0.4, -0.2) is 40.5 Å². The Morgan fingerprint density at radius 2 is 2.20 bits per heavy atom. The molecule has 0 amide bonds. The van der Waals surface area contributed by atoms with Gasteiger partial charge in [-0.1, -0.05) is 18.6 Å². The molecule has 0 radical (unpaired) electrons. The van der Waals surface area contributed by atoms with Gasteiger partial charge in [0.15, 0.2) is 6.29 Å². The number of carbonyl (C=O) groups is 1. The average Bonchev–Trinajstić information content (AvgIpc) is 2.63. The first kappa shape index (κ1) is 17.4. The van der Waals surface area contributed by atoms with Crippen LogP contribution in [0.4, 0.5) is 0 Å². The molecule has 1 aliphatic rings. The van der Waals surface area contributed by atoms with Gasteiger partial charge in [0.05, 0.1) is 5.56 Å². The van der Waals surface area contributed by atoms with E-state index in [9.17, 15) is 9.90 Å². The molecular formula is C20H24N2O3. The van der Waals surface area contributed by atoms with E-state index in [1.165, 1.54) is 24.5 Å². The lowest BCUT2D eigenvalue weighted by Crippen LogP contribution is -2.42. The Bertz CT molecular complexity index is 715. The summed E-state index contributed by atoms with van der Waals surface area (Å²) in [4.78, 5) is 18.0. The Morgan fingerprint density at radius 1 is 1.32 bits per heavy atom. The fourth-order valence-electron chi connectivity index (χ4n) is 3.25. The second kappa shape index (κ2) is 8.12. The number of phenols is 1.